The van der Waals surface area contributed by atoms with E-state index in [2.05, 4.69) is 31.1 Å². The minimum Gasteiger partial charge on any atom is -0.491 e. The Kier molecular flexibility index (Phi) is 6.89. The maximum Gasteiger partial charge on any atom is 0.256 e. The number of carbonyl (C=O) groups excluding carboxylic acids is 1. The number of pyridine rings is 1. The van der Waals surface area contributed by atoms with Gasteiger partial charge >= 0.3 is 0 Å². The van der Waals surface area contributed by atoms with Gasteiger partial charge in [-0.05, 0) is 49.4 Å². The maximum absolute atomic E-state index is 13.3. The van der Waals surface area contributed by atoms with Gasteiger partial charge in [0.1, 0.15) is 16.9 Å². The lowest BCUT2D eigenvalue weighted by atomic mass is 9.83. The molecule has 1 fully saturated rings. The minimum absolute atomic E-state index is 0.0401. The number of hydrogen-bond donors (Lipinski definition) is 1. The average Bonchev–Trinajstić information content (AvgIpc) is 2.72. The Hall–Kier alpha value is -2.14. The molecular formula is C23H32N2O3. The molecule has 1 aliphatic rings. The van der Waals surface area contributed by atoms with E-state index in [-0.39, 0.29) is 5.91 Å². The molecular weight excluding hydrogens is 352 g/mol. The average molecular weight is 385 g/mol. The zero-order valence-electron chi connectivity index (χ0n) is 17.3. The van der Waals surface area contributed by atoms with Crippen molar-refractivity contribution in [3.05, 3.63) is 30.5 Å². The van der Waals surface area contributed by atoms with E-state index >= 15 is 0 Å². The van der Waals surface area contributed by atoms with Crippen LogP contribution in [0.3, 0.4) is 0 Å². The van der Waals surface area contributed by atoms with E-state index in [1.807, 2.05) is 24.3 Å². The number of carbonyl (C=O) groups is 1. The highest BCUT2D eigenvalue weighted by atomic mass is 16.5. The molecule has 0 unspecified atom stereocenters. The van der Waals surface area contributed by atoms with Crippen LogP contribution in [0.25, 0.3) is 10.9 Å². The monoisotopic (exact) mass is 384 g/mol. The van der Waals surface area contributed by atoms with E-state index in [1.54, 1.807) is 6.20 Å². The summed E-state index contributed by atoms with van der Waals surface area (Å²) >= 11 is 0. The summed E-state index contributed by atoms with van der Waals surface area (Å²) in [6.07, 6.45) is 7.45. The van der Waals surface area contributed by atoms with E-state index < -0.39 is 5.60 Å². The van der Waals surface area contributed by atoms with Gasteiger partial charge in [0.2, 0.25) is 0 Å². The first kappa shape index (κ1) is 20.6. The Morgan fingerprint density at radius 3 is 2.71 bits per heavy atom. The van der Waals surface area contributed by atoms with Crippen LogP contribution in [0.4, 0.5) is 5.69 Å². The van der Waals surface area contributed by atoms with Crippen LogP contribution in [0.15, 0.2) is 30.5 Å². The zero-order chi connectivity index (χ0) is 20.0. The minimum atomic E-state index is -0.713. The third-order valence-corrected chi connectivity index (χ3v) is 5.21. The molecule has 0 atom stereocenters. The van der Waals surface area contributed by atoms with Crippen LogP contribution in [0, 0.1) is 5.92 Å². The number of benzene rings is 1. The van der Waals surface area contributed by atoms with E-state index in [0.29, 0.717) is 19.1 Å². The standard InChI is InChI=1S/C23H32N2O3/c1-4-15-28-23(12-6-5-7-13-23)22(26)25-19-10-11-20(27-16-17(2)3)21-18(19)9-8-14-24-21/h8-11,14,17H,4-7,12-13,15-16H2,1-3H3,(H,25,26). The van der Waals surface area contributed by atoms with Crippen molar-refractivity contribution in [1.82, 2.24) is 4.98 Å². The Labute approximate surface area is 167 Å². The second kappa shape index (κ2) is 9.37. The lowest BCUT2D eigenvalue weighted by Crippen LogP contribution is -2.47. The summed E-state index contributed by atoms with van der Waals surface area (Å²) in [7, 11) is 0. The molecule has 1 N–H and O–H groups in total. The summed E-state index contributed by atoms with van der Waals surface area (Å²) in [6, 6.07) is 7.66. The van der Waals surface area contributed by atoms with Gasteiger partial charge in [-0.15, -0.1) is 0 Å². The van der Waals surface area contributed by atoms with Crippen LogP contribution in [-0.2, 0) is 9.53 Å². The van der Waals surface area contributed by atoms with Crippen molar-refractivity contribution >= 4 is 22.5 Å². The zero-order valence-corrected chi connectivity index (χ0v) is 17.3. The summed E-state index contributed by atoms with van der Waals surface area (Å²) in [5, 5.41) is 4.02. The van der Waals surface area contributed by atoms with Gasteiger partial charge in [-0.2, -0.15) is 0 Å². The second-order valence-corrected chi connectivity index (χ2v) is 8.07. The molecule has 0 radical (unpaired) electrons. The van der Waals surface area contributed by atoms with Crippen LogP contribution in [0.2, 0.25) is 0 Å². The summed E-state index contributed by atoms with van der Waals surface area (Å²) in [5.41, 5.74) is 0.818. The van der Waals surface area contributed by atoms with Crippen LogP contribution >= 0.6 is 0 Å². The van der Waals surface area contributed by atoms with Crippen molar-refractivity contribution in [3.8, 4) is 5.75 Å². The van der Waals surface area contributed by atoms with Gasteiger partial charge in [0.25, 0.3) is 5.91 Å². The molecule has 1 aliphatic carbocycles. The molecule has 1 saturated carbocycles. The normalized spacial score (nSPS) is 16.3. The van der Waals surface area contributed by atoms with E-state index in [9.17, 15) is 4.79 Å². The quantitative estimate of drug-likeness (QED) is 0.667. The molecule has 1 aromatic carbocycles. The number of nitrogens with zero attached hydrogens (tertiary/aromatic N) is 1. The molecule has 28 heavy (non-hydrogen) atoms. The Morgan fingerprint density at radius 2 is 2.00 bits per heavy atom. The first-order valence-corrected chi connectivity index (χ1v) is 10.5. The summed E-state index contributed by atoms with van der Waals surface area (Å²) < 4.78 is 12.0. The molecule has 0 bridgehead atoms. The predicted molar refractivity (Wildman–Crippen MR) is 113 cm³/mol. The van der Waals surface area contributed by atoms with Gasteiger partial charge < -0.3 is 14.8 Å². The highest BCUT2D eigenvalue weighted by molar-refractivity contribution is 6.05. The maximum atomic E-state index is 13.3. The molecule has 0 spiro atoms. The van der Waals surface area contributed by atoms with Crippen molar-refractivity contribution in [1.29, 1.82) is 0 Å². The molecule has 2 aromatic rings. The largest absolute Gasteiger partial charge is 0.491 e. The molecule has 0 saturated heterocycles. The molecule has 1 amide bonds. The fourth-order valence-electron chi connectivity index (χ4n) is 3.72. The van der Waals surface area contributed by atoms with Crippen molar-refractivity contribution in [3.63, 3.8) is 0 Å². The molecule has 5 heteroatoms. The van der Waals surface area contributed by atoms with E-state index in [0.717, 1.165) is 54.4 Å². The first-order chi connectivity index (χ1) is 13.6. The van der Waals surface area contributed by atoms with Gasteiger partial charge in [0.05, 0.1) is 12.3 Å². The topological polar surface area (TPSA) is 60.5 Å². The van der Waals surface area contributed by atoms with E-state index in [1.165, 1.54) is 6.42 Å². The number of ether oxygens (including phenoxy) is 2. The number of fused-ring (bicyclic) bond motifs is 1. The number of aromatic nitrogens is 1. The summed E-state index contributed by atoms with van der Waals surface area (Å²) in [6.45, 7) is 7.54. The van der Waals surface area contributed by atoms with Crippen molar-refractivity contribution in [2.45, 2.75) is 64.9 Å². The fraction of sp³-hybridized carbons (Fsp3) is 0.565. The van der Waals surface area contributed by atoms with Gasteiger partial charge in [-0.25, -0.2) is 0 Å². The van der Waals surface area contributed by atoms with E-state index in [4.69, 9.17) is 9.47 Å². The molecule has 152 valence electrons. The molecule has 0 aliphatic heterocycles. The number of nitrogens with one attached hydrogen (secondary N) is 1. The van der Waals surface area contributed by atoms with Crippen LogP contribution < -0.4 is 10.1 Å². The van der Waals surface area contributed by atoms with Gasteiger partial charge in [-0.3, -0.25) is 9.78 Å². The highest BCUT2D eigenvalue weighted by Crippen LogP contribution is 2.35. The third-order valence-electron chi connectivity index (χ3n) is 5.21. The third kappa shape index (κ3) is 4.64. The van der Waals surface area contributed by atoms with Crippen LogP contribution in [-0.4, -0.2) is 29.7 Å². The Bertz CT molecular complexity index is 798. The lowest BCUT2D eigenvalue weighted by Gasteiger charge is -2.35. The highest BCUT2D eigenvalue weighted by Gasteiger charge is 2.40. The molecule has 1 heterocycles. The summed E-state index contributed by atoms with van der Waals surface area (Å²) in [5.74, 6) is 1.14. The van der Waals surface area contributed by atoms with Gasteiger partial charge in [0, 0.05) is 18.2 Å². The Balaban J connectivity index is 1.86. The fourth-order valence-corrected chi connectivity index (χ4v) is 3.72. The Morgan fingerprint density at radius 1 is 1.21 bits per heavy atom. The lowest BCUT2D eigenvalue weighted by molar-refractivity contribution is -0.146. The van der Waals surface area contributed by atoms with Crippen LogP contribution in [0.5, 0.6) is 5.75 Å². The predicted octanol–water partition coefficient (Wildman–Crippen LogP) is 5.34. The smallest absolute Gasteiger partial charge is 0.256 e. The molecule has 3 rings (SSSR count). The van der Waals surface area contributed by atoms with Crippen molar-refractivity contribution < 1.29 is 14.3 Å². The van der Waals surface area contributed by atoms with Crippen molar-refractivity contribution in [2.75, 3.05) is 18.5 Å². The number of amides is 1. The number of anilines is 1. The number of hydrogen-bond acceptors (Lipinski definition) is 4. The van der Waals surface area contributed by atoms with Crippen molar-refractivity contribution in [2.24, 2.45) is 5.92 Å². The van der Waals surface area contributed by atoms with Gasteiger partial charge in [-0.1, -0.05) is 40.0 Å². The first-order valence-electron chi connectivity index (χ1n) is 10.5. The molecule has 1 aromatic heterocycles. The molecule has 5 nitrogen and oxygen atoms in total. The second-order valence-electron chi connectivity index (χ2n) is 8.07. The van der Waals surface area contributed by atoms with Crippen LogP contribution in [0.1, 0.15) is 59.3 Å². The SMILES string of the molecule is CCCOC1(C(=O)Nc2ccc(OCC(C)C)c3ncccc23)CCCCC1. The van der Waals surface area contributed by atoms with Gasteiger partial charge in [0.15, 0.2) is 0 Å². The number of rotatable bonds is 8. The summed E-state index contributed by atoms with van der Waals surface area (Å²) in [4.78, 5) is 17.8.